The Kier molecular flexibility index (Phi) is 3.25. The SMILES string of the molecule is CC[C@@H](Cc1ccc2occ(F)c2c1)NC. The van der Waals surface area contributed by atoms with Crippen molar-refractivity contribution in [3.05, 3.63) is 35.8 Å². The standard InChI is InChI=1S/C13H16FNO/c1-3-10(15-2)6-9-4-5-13-11(7-9)12(14)8-16-13/h4-5,7-8,10,15H,3,6H2,1-2H3/t10-/m0/s1. The Labute approximate surface area is 94.4 Å². The van der Waals surface area contributed by atoms with Gasteiger partial charge >= 0.3 is 0 Å². The highest BCUT2D eigenvalue weighted by Crippen LogP contribution is 2.21. The summed E-state index contributed by atoms with van der Waals surface area (Å²) in [6, 6.07) is 6.13. The third-order valence-electron chi connectivity index (χ3n) is 2.97. The summed E-state index contributed by atoms with van der Waals surface area (Å²) < 4.78 is 18.4. The number of hydrogen-bond acceptors (Lipinski definition) is 2. The van der Waals surface area contributed by atoms with E-state index in [1.165, 1.54) is 0 Å². The van der Waals surface area contributed by atoms with Crippen molar-refractivity contribution in [2.75, 3.05) is 7.05 Å². The minimum atomic E-state index is -0.283. The predicted molar refractivity (Wildman–Crippen MR) is 63.0 cm³/mol. The maximum Gasteiger partial charge on any atom is 0.169 e. The number of rotatable bonds is 4. The van der Waals surface area contributed by atoms with Crippen LogP contribution in [0.25, 0.3) is 11.0 Å². The first-order chi connectivity index (χ1) is 7.74. The van der Waals surface area contributed by atoms with Gasteiger partial charge in [-0.25, -0.2) is 4.39 Å². The average Bonchev–Trinajstić information content (AvgIpc) is 2.68. The molecule has 2 aromatic rings. The van der Waals surface area contributed by atoms with E-state index in [2.05, 4.69) is 12.2 Å². The molecule has 0 saturated carbocycles. The molecule has 86 valence electrons. The highest BCUT2D eigenvalue weighted by atomic mass is 19.1. The van der Waals surface area contributed by atoms with Crippen molar-refractivity contribution >= 4 is 11.0 Å². The summed E-state index contributed by atoms with van der Waals surface area (Å²) in [5.41, 5.74) is 1.74. The molecule has 1 heterocycles. The summed E-state index contributed by atoms with van der Waals surface area (Å²) in [5, 5.41) is 3.81. The fourth-order valence-corrected chi connectivity index (χ4v) is 1.91. The van der Waals surface area contributed by atoms with Crippen molar-refractivity contribution in [2.24, 2.45) is 0 Å². The van der Waals surface area contributed by atoms with Crippen molar-refractivity contribution in [3.8, 4) is 0 Å². The van der Waals surface area contributed by atoms with Gasteiger partial charge in [-0.2, -0.15) is 0 Å². The molecule has 0 fully saturated rings. The molecule has 1 atom stereocenters. The Bertz CT molecular complexity index is 474. The molecule has 2 rings (SSSR count). The van der Waals surface area contributed by atoms with E-state index in [0.717, 1.165) is 24.7 Å². The zero-order valence-corrected chi connectivity index (χ0v) is 9.59. The van der Waals surface area contributed by atoms with Crippen LogP contribution < -0.4 is 5.32 Å². The van der Waals surface area contributed by atoms with Crippen LogP contribution in [0.2, 0.25) is 0 Å². The second-order valence-corrected chi connectivity index (χ2v) is 4.01. The molecule has 0 bridgehead atoms. The molecule has 3 heteroatoms. The zero-order valence-electron chi connectivity index (χ0n) is 9.59. The summed E-state index contributed by atoms with van der Waals surface area (Å²) >= 11 is 0. The first kappa shape index (κ1) is 11.1. The third kappa shape index (κ3) is 2.09. The van der Waals surface area contributed by atoms with E-state index < -0.39 is 0 Å². The lowest BCUT2D eigenvalue weighted by Gasteiger charge is -2.13. The van der Waals surface area contributed by atoms with E-state index in [9.17, 15) is 4.39 Å². The van der Waals surface area contributed by atoms with Crippen LogP contribution in [0.1, 0.15) is 18.9 Å². The minimum Gasteiger partial charge on any atom is -0.461 e. The predicted octanol–water partition coefficient (Wildman–Crippen LogP) is 3.11. The van der Waals surface area contributed by atoms with Gasteiger partial charge in [-0.15, -0.1) is 0 Å². The quantitative estimate of drug-likeness (QED) is 0.858. The van der Waals surface area contributed by atoms with Crippen molar-refractivity contribution < 1.29 is 8.81 Å². The minimum absolute atomic E-state index is 0.283. The van der Waals surface area contributed by atoms with E-state index >= 15 is 0 Å². The molecule has 0 radical (unpaired) electrons. The van der Waals surface area contributed by atoms with Crippen molar-refractivity contribution in [3.63, 3.8) is 0 Å². The molecule has 0 unspecified atom stereocenters. The van der Waals surface area contributed by atoms with Crippen LogP contribution in [0, 0.1) is 5.82 Å². The van der Waals surface area contributed by atoms with Gasteiger partial charge in [0.1, 0.15) is 11.8 Å². The molecule has 16 heavy (non-hydrogen) atoms. The summed E-state index contributed by atoms with van der Waals surface area (Å²) in [4.78, 5) is 0. The number of halogens is 1. The zero-order chi connectivity index (χ0) is 11.5. The van der Waals surface area contributed by atoms with E-state index in [4.69, 9.17) is 4.42 Å². The Morgan fingerprint density at radius 2 is 2.25 bits per heavy atom. The van der Waals surface area contributed by atoms with Crippen LogP contribution in [-0.4, -0.2) is 13.1 Å². The summed E-state index contributed by atoms with van der Waals surface area (Å²) in [5.74, 6) is -0.283. The van der Waals surface area contributed by atoms with Crippen molar-refractivity contribution in [1.82, 2.24) is 5.32 Å². The molecule has 1 aromatic carbocycles. The van der Waals surface area contributed by atoms with Crippen LogP contribution in [0.3, 0.4) is 0 Å². The first-order valence-corrected chi connectivity index (χ1v) is 5.57. The molecule has 0 aliphatic rings. The van der Waals surface area contributed by atoms with Gasteiger partial charge in [0.2, 0.25) is 0 Å². The molecule has 0 aliphatic carbocycles. The lowest BCUT2D eigenvalue weighted by Crippen LogP contribution is -2.26. The fraction of sp³-hybridized carbons (Fsp3) is 0.385. The van der Waals surface area contributed by atoms with Gasteiger partial charge in [0.05, 0.1) is 5.39 Å². The lowest BCUT2D eigenvalue weighted by atomic mass is 10.0. The largest absolute Gasteiger partial charge is 0.461 e. The maximum atomic E-state index is 13.3. The molecule has 1 N–H and O–H groups in total. The monoisotopic (exact) mass is 221 g/mol. The summed E-state index contributed by atoms with van der Waals surface area (Å²) in [6.07, 6.45) is 3.12. The number of furan rings is 1. The molecule has 0 spiro atoms. The van der Waals surface area contributed by atoms with Gasteiger partial charge in [0, 0.05) is 6.04 Å². The summed E-state index contributed by atoms with van der Waals surface area (Å²) in [6.45, 7) is 2.14. The van der Waals surface area contributed by atoms with E-state index in [1.807, 2.05) is 25.2 Å². The number of nitrogens with one attached hydrogen (secondary N) is 1. The van der Waals surface area contributed by atoms with Crippen LogP contribution in [-0.2, 0) is 6.42 Å². The Hall–Kier alpha value is -1.35. The van der Waals surface area contributed by atoms with Crippen LogP contribution in [0.4, 0.5) is 4.39 Å². The normalized spacial score (nSPS) is 13.2. The smallest absolute Gasteiger partial charge is 0.169 e. The van der Waals surface area contributed by atoms with Crippen molar-refractivity contribution in [2.45, 2.75) is 25.8 Å². The molecule has 1 aromatic heterocycles. The van der Waals surface area contributed by atoms with Gasteiger partial charge in [-0.3, -0.25) is 0 Å². The van der Waals surface area contributed by atoms with Crippen LogP contribution in [0.5, 0.6) is 0 Å². The Morgan fingerprint density at radius 3 is 2.94 bits per heavy atom. The molecular formula is C13H16FNO. The second-order valence-electron chi connectivity index (χ2n) is 4.01. The average molecular weight is 221 g/mol. The third-order valence-corrected chi connectivity index (χ3v) is 2.97. The number of likely N-dealkylation sites (N-methyl/N-ethyl adjacent to an activating group) is 1. The summed E-state index contributed by atoms with van der Waals surface area (Å²) in [7, 11) is 1.95. The van der Waals surface area contributed by atoms with Gasteiger partial charge < -0.3 is 9.73 Å². The van der Waals surface area contributed by atoms with Gasteiger partial charge in [-0.05, 0) is 37.6 Å². The Morgan fingerprint density at radius 1 is 1.44 bits per heavy atom. The van der Waals surface area contributed by atoms with Crippen molar-refractivity contribution in [1.29, 1.82) is 0 Å². The topological polar surface area (TPSA) is 25.2 Å². The van der Waals surface area contributed by atoms with Gasteiger partial charge in [0.25, 0.3) is 0 Å². The molecule has 2 nitrogen and oxygen atoms in total. The molecule has 0 amide bonds. The highest BCUT2D eigenvalue weighted by molar-refractivity contribution is 5.78. The molecule has 0 aliphatic heterocycles. The van der Waals surface area contributed by atoms with Gasteiger partial charge in [0.15, 0.2) is 5.82 Å². The van der Waals surface area contributed by atoms with Gasteiger partial charge in [-0.1, -0.05) is 13.0 Å². The number of fused-ring (bicyclic) bond motifs is 1. The highest BCUT2D eigenvalue weighted by Gasteiger charge is 2.08. The lowest BCUT2D eigenvalue weighted by molar-refractivity contribution is 0.543. The number of hydrogen-bond donors (Lipinski definition) is 1. The molecule has 0 saturated heterocycles. The molecular weight excluding hydrogens is 205 g/mol. The fourth-order valence-electron chi connectivity index (χ4n) is 1.91. The maximum absolute atomic E-state index is 13.3. The van der Waals surface area contributed by atoms with E-state index in [1.54, 1.807) is 0 Å². The van der Waals surface area contributed by atoms with E-state index in [0.29, 0.717) is 17.0 Å². The van der Waals surface area contributed by atoms with Crippen LogP contribution in [0.15, 0.2) is 28.9 Å². The van der Waals surface area contributed by atoms with Crippen LogP contribution >= 0.6 is 0 Å². The number of benzene rings is 1. The Balaban J connectivity index is 2.28. The second kappa shape index (κ2) is 4.66. The first-order valence-electron chi connectivity index (χ1n) is 5.57. The van der Waals surface area contributed by atoms with E-state index in [-0.39, 0.29) is 5.82 Å².